The third kappa shape index (κ3) is 3.52. The predicted octanol–water partition coefficient (Wildman–Crippen LogP) is 3.10. The van der Waals surface area contributed by atoms with E-state index in [1.807, 2.05) is 0 Å². The molecule has 0 radical (unpaired) electrons. The fraction of sp³-hybridized carbons (Fsp3) is 0.412. The number of carbonyl (C=O) groups excluding carboxylic acids is 1. The van der Waals surface area contributed by atoms with E-state index in [0.29, 0.717) is 16.6 Å². The number of likely N-dealkylation sites (tertiary alicyclic amines) is 1. The minimum Gasteiger partial charge on any atom is -0.504 e. The Balaban J connectivity index is 1.76. The van der Waals surface area contributed by atoms with Gasteiger partial charge in [-0.25, -0.2) is 0 Å². The van der Waals surface area contributed by atoms with Gasteiger partial charge in [-0.2, -0.15) is 4.99 Å². The number of phenolic OH excluding ortho intramolecular Hbond substituents is 1. The van der Waals surface area contributed by atoms with Crippen molar-refractivity contribution in [2.75, 3.05) is 20.2 Å². The van der Waals surface area contributed by atoms with E-state index >= 15 is 0 Å². The largest absolute Gasteiger partial charge is 0.504 e. The van der Waals surface area contributed by atoms with Crippen molar-refractivity contribution in [3.05, 3.63) is 28.7 Å². The van der Waals surface area contributed by atoms with Crippen molar-refractivity contribution < 1.29 is 14.6 Å². The van der Waals surface area contributed by atoms with Gasteiger partial charge in [0.2, 0.25) is 0 Å². The molecular weight excluding hydrogens is 312 g/mol. The van der Waals surface area contributed by atoms with Gasteiger partial charge in [0.15, 0.2) is 16.7 Å². The highest BCUT2D eigenvalue weighted by atomic mass is 32.2. The minimum atomic E-state index is -0.199. The maximum absolute atomic E-state index is 12.2. The van der Waals surface area contributed by atoms with Crippen molar-refractivity contribution in [2.45, 2.75) is 19.8 Å². The molecule has 5 nitrogen and oxygen atoms in total. The predicted molar refractivity (Wildman–Crippen MR) is 92.6 cm³/mol. The van der Waals surface area contributed by atoms with Gasteiger partial charge in [-0.05, 0) is 54.3 Å². The summed E-state index contributed by atoms with van der Waals surface area (Å²) in [5.74, 6) is 0.909. The Kier molecular flexibility index (Phi) is 4.61. The van der Waals surface area contributed by atoms with Gasteiger partial charge in [0.1, 0.15) is 0 Å². The first-order chi connectivity index (χ1) is 11.1. The van der Waals surface area contributed by atoms with Crippen molar-refractivity contribution in [1.29, 1.82) is 0 Å². The molecule has 23 heavy (non-hydrogen) atoms. The molecule has 2 aliphatic rings. The highest BCUT2D eigenvalue weighted by Gasteiger charge is 2.28. The molecule has 1 aromatic rings. The van der Waals surface area contributed by atoms with Gasteiger partial charge >= 0.3 is 0 Å². The van der Waals surface area contributed by atoms with Gasteiger partial charge in [0.25, 0.3) is 5.91 Å². The number of carbonyl (C=O) groups is 1. The number of amides is 1. The van der Waals surface area contributed by atoms with Crippen LogP contribution in [0.4, 0.5) is 0 Å². The second-order valence-corrected chi connectivity index (χ2v) is 6.94. The number of nitrogens with zero attached hydrogens (tertiary/aromatic N) is 2. The Hall–Kier alpha value is -1.95. The van der Waals surface area contributed by atoms with Crippen LogP contribution in [0.1, 0.15) is 25.3 Å². The van der Waals surface area contributed by atoms with Gasteiger partial charge in [-0.1, -0.05) is 13.0 Å². The Morgan fingerprint density at radius 1 is 1.48 bits per heavy atom. The smallest absolute Gasteiger partial charge is 0.286 e. The zero-order chi connectivity index (χ0) is 16.4. The van der Waals surface area contributed by atoms with Crippen molar-refractivity contribution in [3.8, 4) is 11.5 Å². The molecule has 1 amide bonds. The quantitative estimate of drug-likeness (QED) is 0.843. The molecule has 3 rings (SSSR count). The summed E-state index contributed by atoms with van der Waals surface area (Å²) in [6.07, 6.45) is 4.17. The number of hydrogen-bond acceptors (Lipinski definition) is 5. The summed E-state index contributed by atoms with van der Waals surface area (Å²) in [5.41, 5.74) is 0.805. The van der Waals surface area contributed by atoms with Crippen LogP contribution < -0.4 is 4.74 Å². The standard InChI is InChI=1S/C17H20N2O3S/c1-11-4-3-7-19(10-11)17-18-16(21)15(23-17)9-12-5-6-13(20)14(8-12)22-2/h5-6,8-9,11,20H,3-4,7,10H2,1-2H3/b15-9+. The number of hydrogen-bond donors (Lipinski definition) is 1. The number of aliphatic imine (C=N–C) groups is 1. The Morgan fingerprint density at radius 3 is 3.04 bits per heavy atom. The lowest BCUT2D eigenvalue weighted by Crippen LogP contribution is -2.37. The van der Waals surface area contributed by atoms with E-state index in [4.69, 9.17) is 4.74 Å². The topological polar surface area (TPSA) is 62.1 Å². The first-order valence-electron chi connectivity index (χ1n) is 7.71. The molecule has 6 heteroatoms. The number of methoxy groups -OCH3 is 1. The summed E-state index contributed by atoms with van der Waals surface area (Å²) >= 11 is 1.42. The molecule has 0 saturated carbocycles. The summed E-state index contributed by atoms with van der Waals surface area (Å²) in [6.45, 7) is 4.15. The molecule has 1 saturated heterocycles. The summed E-state index contributed by atoms with van der Waals surface area (Å²) in [5, 5.41) is 10.4. The van der Waals surface area contributed by atoms with Crippen LogP contribution in [-0.4, -0.2) is 41.3 Å². The van der Waals surface area contributed by atoms with E-state index < -0.39 is 0 Å². The average molecular weight is 332 g/mol. The summed E-state index contributed by atoms with van der Waals surface area (Å²) in [6, 6.07) is 5.01. The molecule has 122 valence electrons. The van der Waals surface area contributed by atoms with E-state index in [-0.39, 0.29) is 11.7 Å². The fourth-order valence-electron chi connectivity index (χ4n) is 2.83. The molecule has 2 heterocycles. The van der Waals surface area contributed by atoms with Crippen LogP contribution in [0.2, 0.25) is 0 Å². The molecule has 1 atom stereocenters. The van der Waals surface area contributed by atoms with Crippen LogP contribution in [0.15, 0.2) is 28.1 Å². The molecule has 1 unspecified atom stereocenters. The van der Waals surface area contributed by atoms with Crippen LogP contribution >= 0.6 is 11.8 Å². The molecule has 0 bridgehead atoms. The third-order valence-corrected chi connectivity index (χ3v) is 5.08. The number of rotatable bonds is 2. The van der Waals surface area contributed by atoms with Crippen LogP contribution in [0.5, 0.6) is 11.5 Å². The number of amidine groups is 1. The second kappa shape index (κ2) is 6.66. The highest BCUT2D eigenvalue weighted by Crippen LogP contribution is 2.33. The molecule has 1 aromatic carbocycles. The van der Waals surface area contributed by atoms with Crippen LogP contribution in [0.3, 0.4) is 0 Å². The van der Waals surface area contributed by atoms with E-state index in [9.17, 15) is 9.90 Å². The number of benzene rings is 1. The molecular formula is C17H20N2O3S. The van der Waals surface area contributed by atoms with Crippen LogP contribution in [-0.2, 0) is 4.79 Å². The van der Waals surface area contributed by atoms with Crippen LogP contribution in [0, 0.1) is 5.92 Å². The molecule has 2 aliphatic heterocycles. The molecule has 0 aliphatic carbocycles. The Labute approximate surface area is 140 Å². The maximum Gasteiger partial charge on any atom is 0.286 e. The zero-order valence-electron chi connectivity index (χ0n) is 13.3. The number of ether oxygens (including phenoxy) is 1. The monoisotopic (exact) mass is 332 g/mol. The van der Waals surface area contributed by atoms with Crippen molar-refractivity contribution >= 4 is 28.9 Å². The zero-order valence-corrected chi connectivity index (χ0v) is 14.1. The van der Waals surface area contributed by atoms with E-state index in [2.05, 4.69) is 16.8 Å². The average Bonchev–Trinajstić information content (AvgIpc) is 2.90. The second-order valence-electron chi connectivity index (χ2n) is 5.93. The Morgan fingerprint density at radius 2 is 2.30 bits per heavy atom. The van der Waals surface area contributed by atoms with Gasteiger partial charge in [-0.15, -0.1) is 0 Å². The molecule has 1 fully saturated rings. The molecule has 0 aromatic heterocycles. The summed E-state index contributed by atoms with van der Waals surface area (Å²) < 4.78 is 5.10. The van der Waals surface area contributed by atoms with Gasteiger partial charge in [-0.3, -0.25) is 4.79 Å². The lowest BCUT2D eigenvalue weighted by atomic mass is 10.0. The van der Waals surface area contributed by atoms with Crippen LogP contribution in [0.25, 0.3) is 6.08 Å². The van der Waals surface area contributed by atoms with Crippen molar-refractivity contribution in [3.63, 3.8) is 0 Å². The highest BCUT2D eigenvalue weighted by molar-refractivity contribution is 8.18. The van der Waals surface area contributed by atoms with Gasteiger partial charge in [0.05, 0.1) is 12.0 Å². The Bertz CT molecular complexity index is 684. The van der Waals surface area contributed by atoms with Crippen molar-refractivity contribution in [1.82, 2.24) is 4.90 Å². The van der Waals surface area contributed by atoms with E-state index in [1.54, 1.807) is 24.3 Å². The lowest BCUT2D eigenvalue weighted by molar-refractivity contribution is -0.113. The summed E-state index contributed by atoms with van der Waals surface area (Å²) in [4.78, 5) is 19.2. The first-order valence-corrected chi connectivity index (χ1v) is 8.53. The fourth-order valence-corrected chi connectivity index (χ4v) is 3.78. The molecule has 1 N–H and O–H groups in total. The lowest BCUT2D eigenvalue weighted by Gasteiger charge is -2.31. The maximum atomic E-state index is 12.2. The summed E-state index contributed by atoms with van der Waals surface area (Å²) in [7, 11) is 1.50. The van der Waals surface area contributed by atoms with E-state index in [1.165, 1.54) is 25.3 Å². The van der Waals surface area contributed by atoms with Crippen molar-refractivity contribution in [2.24, 2.45) is 10.9 Å². The minimum absolute atomic E-state index is 0.0827. The van der Waals surface area contributed by atoms with Gasteiger partial charge < -0.3 is 14.7 Å². The first kappa shape index (κ1) is 15.9. The third-order valence-electron chi connectivity index (χ3n) is 4.04. The number of piperidine rings is 1. The molecule has 0 spiro atoms. The SMILES string of the molecule is COc1cc(/C=C2/SC(N3CCCC(C)C3)=NC2=O)ccc1O. The number of thioether (sulfide) groups is 1. The normalized spacial score (nSPS) is 23.3. The van der Waals surface area contributed by atoms with E-state index in [0.717, 1.165) is 30.2 Å². The number of phenols is 1. The number of aromatic hydroxyl groups is 1. The van der Waals surface area contributed by atoms with Gasteiger partial charge in [0, 0.05) is 13.1 Å².